The normalized spacial score (nSPS) is 12.6. The van der Waals surface area contributed by atoms with E-state index in [0.29, 0.717) is 19.3 Å². The summed E-state index contributed by atoms with van der Waals surface area (Å²) < 4.78 is 16.9. The summed E-state index contributed by atoms with van der Waals surface area (Å²) in [4.78, 5) is 38.2. The Morgan fingerprint density at radius 3 is 0.843 bits per heavy atom. The quantitative estimate of drug-likeness (QED) is 0.0261. The molecule has 0 aromatic heterocycles. The molecule has 0 rings (SSSR count). The van der Waals surface area contributed by atoms with E-state index in [1.54, 1.807) is 0 Å². The first-order chi connectivity index (χ1) is 34.5. The lowest BCUT2D eigenvalue weighted by atomic mass is 10.1. The SMILES string of the molecule is CCCCC/C=C\C/C=C\CCCCCCCCCCCC(=O)OC(COC(=O)CCCCCCC/C=C\CCCCC)COC(=O)CCCCCCCC/C=C\C/C=C\C/C=C\CCCCCCC. The van der Waals surface area contributed by atoms with Gasteiger partial charge in [-0.2, -0.15) is 0 Å². The van der Waals surface area contributed by atoms with Gasteiger partial charge in [-0.05, 0) is 116 Å². The van der Waals surface area contributed by atoms with Crippen molar-refractivity contribution in [3.8, 4) is 0 Å². The van der Waals surface area contributed by atoms with Crippen molar-refractivity contribution in [2.45, 2.75) is 303 Å². The van der Waals surface area contributed by atoms with Gasteiger partial charge in [0, 0.05) is 19.3 Å². The molecular formula is C64H112O6. The van der Waals surface area contributed by atoms with Gasteiger partial charge in [0.15, 0.2) is 6.10 Å². The Kier molecular flexibility index (Phi) is 55.8. The highest BCUT2D eigenvalue weighted by Gasteiger charge is 2.19. The zero-order valence-corrected chi connectivity index (χ0v) is 46.3. The number of esters is 3. The van der Waals surface area contributed by atoms with Gasteiger partial charge in [0.25, 0.3) is 0 Å². The monoisotopic (exact) mass is 977 g/mol. The highest BCUT2D eigenvalue weighted by molar-refractivity contribution is 5.71. The first-order valence-corrected chi connectivity index (χ1v) is 29.9. The summed E-state index contributed by atoms with van der Waals surface area (Å²) in [5.41, 5.74) is 0. The molecule has 0 radical (unpaired) electrons. The fraction of sp³-hybridized carbons (Fsp3) is 0.766. The van der Waals surface area contributed by atoms with E-state index in [-0.39, 0.29) is 31.1 Å². The first-order valence-electron chi connectivity index (χ1n) is 29.9. The predicted molar refractivity (Wildman–Crippen MR) is 302 cm³/mol. The van der Waals surface area contributed by atoms with E-state index in [2.05, 4.69) is 93.7 Å². The zero-order valence-electron chi connectivity index (χ0n) is 46.3. The molecule has 0 aliphatic carbocycles. The van der Waals surface area contributed by atoms with E-state index in [1.165, 1.54) is 167 Å². The van der Waals surface area contributed by atoms with Crippen LogP contribution in [0.5, 0.6) is 0 Å². The number of carbonyl (C=O) groups excluding carboxylic acids is 3. The number of ether oxygens (including phenoxy) is 3. The van der Waals surface area contributed by atoms with Gasteiger partial charge >= 0.3 is 17.9 Å². The minimum Gasteiger partial charge on any atom is -0.462 e. The number of allylic oxidation sites excluding steroid dienone is 12. The molecular weight excluding hydrogens is 865 g/mol. The molecule has 1 unspecified atom stereocenters. The molecule has 0 saturated carbocycles. The Morgan fingerprint density at radius 1 is 0.286 bits per heavy atom. The fourth-order valence-corrected chi connectivity index (χ4v) is 8.36. The van der Waals surface area contributed by atoms with Gasteiger partial charge in [0.1, 0.15) is 13.2 Å². The summed E-state index contributed by atoms with van der Waals surface area (Å²) in [6.45, 7) is 6.58. The lowest BCUT2D eigenvalue weighted by Gasteiger charge is -2.18. The molecule has 0 bridgehead atoms. The van der Waals surface area contributed by atoms with E-state index in [0.717, 1.165) is 89.9 Å². The minimum atomic E-state index is -0.787. The molecule has 6 heteroatoms. The summed E-state index contributed by atoms with van der Waals surface area (Å²) in [5, 5.41) is 0. The highest BCUT2D eigenvalue weighted by atomic mass is 16.6. The smallest absolute Gasteiger partial charge is 0.306 e. The Hall–Kier alpha value is -3.15. The first kappa shape index (κ1) is 66.9. The van der Waals surface area contributed by atoms with Crippen LogP contribution in [-0.2, 0) is 28.6 Å². The Morgan fingerprint density at radius 2 is 0.514 bits per heavy atom. The molecule has 0 N–H and O–H groups in total. The topological polar surface area (TPSA) is 78.9 Å². The second-order valence-corrected chi connectivity index (χ2v) is 19.9. The molecule has 0 spiro atoms. The zero-order chi connectivity index (χ0) is 50.7. The Labute approximate surface area is 433 Å². The third kappa shape index (κ3) is 55.8. The molecule has 6 nitrogen and oxygen atoms in total. The molecule has 0 aliphatic rings. The molecule has 0 aromatic rings. The average molecular weight is 978 g/mol. The summed E-state index contributed by atoms with van der Waals surface area (Å²) in [5.74, 6) is -0.902. The second-order valence-electron chi connectivity index (χ2n) is 19.9. The van der Waals surface area contributed by atoms with E-state index in [9.17, 15) is 14.4 Å². The van der Waals surface area contributed by atoms with Crippen LogP contribution in [0.15, 0.2) is 72.9 Å². The van der Waals surface area contributed by atoms with Crippen molar-refractivity contribution in [1.82, 2.24) is 0 Å². The minimum absolute atomic E-state index is 0.0852. The Bertz CT molecular complexity index is 1310. The summed E-state index contributed by atoms with van der Waals surface area (Å²) >= 11 is 0. The molecule has 0 heterocycles. The summed E-state index contributed by atoms with van der Waals surface area (Å²) in [6, 6.07) is 0. The van der Waals surface area contributed by atoms with Crippen molar-refractivity contribution in [1.29, 1.82) is 0 Å². The molecule has 0 aromatic carbocycles. The molecule has 0 aliphatic heterocycles. The van der Waals surface area contributed by atoms with Gasteiger partial charge in [0.05, 0.1) is 0 Å². The van der Waals surface area contributed by atoms with Gasteiger partial charge < -0.3 is 14.2 Å². The molecule has 1 atom stereocenters. The summed E-state index contributed by atoms with van der Waals surface area (Å²) in [6.07, 6.45) is 74.6. The number of carbonyl (C=O) groups is 3. The van der Waals surface area contributed by atoms with Crippen LogP contribution in [0.4, 0.5) is 0 Å². The van der Waals surface area contributed by atoms with Crippen LogP contribution in [0.25, 0.3) is 0 Å². The van der Waals surface area contributed by atoms with Crippen LogP contribution in [-0.4, -0.2) is 37.2 Å². The maximum Gasteiger partial charge on any atom is 0.306 e. The van der Waals surface area contributed by atoms with E-state index >= 15 is 0 Å². The molecule has 404 valence electrons. The lowest BCUT2D eigenvalue weighted by Crippen LogP contribution is -2.30. The molecule has 0 fully saturated rings. The number of rotatable bonds is 54. The number of hydrogen-bond acceptors (Lipinski definition) is 6. The van der Waals surface area contributed by atoms with Crippen LogP contribution in [0, 0.1) is 0 Å². The predicted octanol–water partition coefficient (Wildman–Crippen LogP) is 20.2. The van der Waals surface area contributed by atoms with Crippen LogP contribution < -0.4 is 0 Å². The summed E-state index contributed by atoms with van der Waals surface area (Å²) in [7, 11) is 0. The van der Waals surface area contributed by atoms with E-state index in [4.69, 9.17) is 14.2 Å². The van der Waals surface area contributed by atoms with Crippen LogP contribution in [0.3, 0.4) is 0 Å². The molecule has 0 saturated heterocycles. The van der Waals surface area contributed by atoms with Crippen molar-refractivity contribution in [3.05, 3.63) is 72.9 Å². The number of hydrogen-bond donors (Lipinski definition) is 0. The standard InChI is InChI=1S/C64H112O6/c1-4-7-10-13-16-19-22-25-27-29-31-32-34-35-37-39-42-45-48-51-54-57-63(66)69-60-61(59-68-62(65)56-53-50-47-44-41-24-21-18-15-12-9-6-3)70-64(67)58-55-52-49-46-43-40-38-36-33-30-28-26-23-20-17-14-11-8-5-2/h17-18,20-22,25-26,28-29,31,34-35,61H,4-16,19,23-24,27,30,32-33,36-60H2,1-3H3/b20-17-,21-18-,25-22-,28-26-,31-29-,35-34-. The third-order valence-corrected chi connectivity index (χ3v) is 12.9. The van der Waals surface area contributed by atoms with Crippen molar-refractivity contribution in [2.75, 3.05) is 13.2 Å². The highest BCUT2D eigenvalue weighted by Crippen LogP contribution is 2.15. The maximum atomic E-state index is 12.9. The van der Waals surface area contributed by atoms with Gasteiger partial charge in [0.2, 0.25) is 0 Å². The molecule has 70 heavy (non-hydrogen) atoms. The third-order valence-electron chi connectivity index (χ3n) is 12.9. The lowest BCUT2D eigenvalue weighted by molar-refractivity contribution is -0.167. The maximum absolute atomic E-state index is 12.9. The van der Waals surface area contributed by atoms with Crippen molar-refractivity contribution >= 4 is 17.9 Å². The van der Waals surface area contributed by atoms with Gasteiger partial charge in [-0.15, -0.1) is 0 Å². The average Bonchev–Trinajstić information content (AvgIpc) is 3.36. The van der Waals surface area contributed by atoms with Gasteiger partial charge in [-0.3, -0.25) is 14.4 Å². The van der Waals surface area contributed by atoms with Gasteiger partial charge in [-0.1, -0.05) is 235 Å². The van der Waals surface area contributed by atoms with Gasteiger partial charge in [-0.25, -0.2) is 0 Å². The Balaban J connectivity index is 4.37. The molecule has 0 amide bonds. The number of unbranched alkanes of at least 4 members (excludes halogenated alkanes) is 31. The van der Waals surface area contributed by atoms with Crippen LogP contribution in [0.2, 0.25) is 0 Å². The van der Waals surface area contributed by atoms with E-state index < -0.39 is 6.10 Å². The largest absolute Gasteiger partial charge is 0.462 e. The fourth-order valence-electron chi connectivity index (χ4n) is 8.36. The van der Waals surface area contributed by atoms with Crippen LogP contribution >= 0.6 is 0 Å². The van der Waals surface area contributed by atoms with Crippen molar-refractivity contribution in [3.63, 3.8) is 0 Å². The van der Waals surface area contributed by atoms with Crippen molar-refractivity contribution < 1.29 is 28.6 Å². The van der Waals surface area contributed by atoms with Crippen molar-refractivity contribution in [2.24, 2.45) is 0 Å². The van der Waals surface area contributed by atoms with E-state index in [1.807, 2.05) is 0 Å². The van der Waals surface area contributed by atoms with Crippen LogP contribution in [0.1, 0.15) is 297 Å². The second kappa shape index (κ2) is 58.4.